The molecule has 0 spiro atoms. The maximum Gasteiger partial charge on any atom is 0.142 e. The molecular weight excluding hydrogens is 170 g/mol. The van der Waals surface area contributed by atoms with Crippen LogP contribution in [-0.2, 0) is 9.47 Å². The van der Waals surface area contributed by atoms with Gasteiger partial charge in [-0.1, -0.05) is 0 Å². The van der Waals surface area contributed by atoms with Gasteiger partial charge in [0, 0.05) is 19.6 Å². The zero-order valence-electron chi connectivity index (χ0n) is 8.64. The summed E-state index contributed by atoms with van der Waals surface area (Å²) in [5.41, 5.74) is -0.271. The van der Waals surface area contributed by atoms with Gasteiger partial charge in [-0.2, -0.15) is 0 Å². The Bertz CT molecular complexity index is 105. The second kappa shape index (κ2) is 6.60. The Hall–Kier alpha value is 0.0969. The SMILES string of the molecule is CCOC([SiH3])(CCNC)OCC. The number of nitrogens with one attached hydrogen (secondary N) is 1. The minimum absolute atomic E-state index is 0.271. The molecule has 0 amide bonds. The highest BCUT2D eigenvalue weighted by Crippen LogP contribution is 2.12. The summed E-state index contributed by atoms with van der Waals surface area (Å²) in [5, 5.41) is 3.10. The van der Waals surface area contributed by atoms with E-state index in [1.807, 2.05) is 20.9 Å². The highest BCUT2D eigenvalue weighted by atomic mass is 28.1. The van der Waals surface area contributed by atoms with Crippen LogP contribution in [0.4, 0.5) is 0 Å². The molecule has 12 heavy (non-hydrogen) atoms. The highest BCUT2D eigenvalue weighted by Gasteiger charge is 2.23. The lowest BCUT2D eigenvalue weighted by Crippen LogP contribution is -2.39. The van der Waals surface area contributed by atoms with Gasteiger partial charge in [0.2, 0.25) is 0 Å². The Balaban J connectivity index is 3.80. The van der Waals surface area contributed by atoms with Crippen LogP contribution in [0.15, 0.2) is 0 Å². The lowest BCUT2D eigenvalue weighted by atomic mass is 10.4. The maximum atomic E-state index is 5.57. The van der Waals surface area contributed by atoms with Crippen LogP contribution in [0.1, 0.15) is 20.3 Å². The molecule has 0 aromatic heterocycles. The average molecular weight is 191 g/mol. The van der Waals surface area contributed by atoms with Gasteiger partial charge in [0.05, 0.1) is 10.2 Å². The molecule has 0 aromatic rings. The molecule has 4 heteroatoms. The summed E-state index contributed by atoms with van der Waals surface area (Å²) in [6.45, 7) is 6.42. The van der Waals surface area contributed by atoms with E-state index in [-0.39, 0.29) is 5.41 Å². The molecule has 0 atom stereocenters. The fourth-order valence-corrected chi connectivity index (χ4v) is 1.98. The van der Waals surface area contributed by atoms with E-state index < -0.39 is 0 Å². The molecule has 0 radical (unpaired) electrons. The van der Waals surface area contributed by atoms with Crippen LogP contribution < -0.4 is 5.32 Å². The number of rotatable bonds is 7. The van der Waals surface area contributed by atoms with E-state index in [0.29, 0.717) is 0 Å². The molecule has 0 fully saturated rings. The fourth-order valence-electron chi connectivity index (χ4n) is 1.15. The average Bonchev–Trinajstić information content (AvgIpc) is 2.02. The molecule has 1 N–H and O–H groups in total. The second-order valence-corrected chi connectivity index (χ2v) is 4.38. The highest BCUT2D eigenvalue weighted by molar-refractivity contribution is 6.13. The Labute approximate surface area is 78.2 Å². The molecule has 0 unspecified atom stereocenters. The van der Waals surface area contributed by atoms with Gasteiger partial charge in [0.1, 0.15) is 5.41 Å². The molecule has 0 bridgehead atoms. The third-order valence-corrected chi connectivity index (χ3v) is 2.81. The smallest absolute Gasteiger partial charge is 0.142 e. The molecule has 3 nitrogen and oxygen atoms in total. The zero-order chi connectivity index (χ0) is 9.45. The van der Waals surface area contributed by atoms with Crippen molar-refractivity contribution in [3.63, 3.8) is 0 Å². The molecule has 0 aromatic carbocycles. The standard InChI is InChI=1S/C8H21NO2Si/c1-4-10-8(12,11-5-2)6-7-9-3/h9H,4-7H2,1-3,12H3. The van der Waals surface area contributed by atoms with E-state index in [0.717, 1.165) is 36.4 Å². The first-order valence-corrected chi connectivity index (χ1v) is 5.61. The first-order valence-electron chi connectivity index (χ1n) is 4.61. The topological polar surface area (TPSA) is 30.5 Å². The van der Waals surface area contributed by atoms with Crippen molar-refractivity contribution in [3.8, 4) is 0 Å². The van der Waals surface area contributed by atoms with E-state index in [2.05, 4.69) is 5.32 Å². The number of hydrogen-bond acceptors (Lipinski definition) is 3. The van der Waals surface area contributed by atoms with Crippen molar-refractivity contribution < 1.29 is 9.47 Å². The largest absolute Gasteiger partial charge is 0.355 e. The molecule has 74 valence electrons. The molecule has 0 heterocycles. The van der Waals surface area contributed by atoms with E-state index in [9.17, 15) is 0 Å². The van der Waals surface area contributed by atoms with Crippen molar-refractivity contribution in [2.75, 3.05) is 26.8 Å². The van der Waals surface area contributed by atoms with Crippen LogP contribution in [0.25, 0.3) is 0 Å². The summed E-state index contributed by atoms with van der Waals surface area (Å²) in [5.74, 6) is 0. The van der Waals surface area contributed by atoms with Gasteiger partial charge >= 0.3 is 0 Å². The quantitative estimate of drug-likeness (QED) is 0.442. The summed E-state index contributed by atoms with van der Waals surface area (Å²) >= 11 is 0. The first-order chi connectivity index (χ1) is 5.68. The van der Waals surface area contributed by atoms with Gasteiger partial charge in [0.15, 0.2) is 0 Å². The van der Waals surface area contributed by atoms with Crippen LogP contribution in [0.3, 0.4) is 0 Å². The first kappa shape index (κ1) is 12.1. The van der Waals surface area contributed by atoms with Gasteiger partial charge in [-0.25, -0.2) is 0 Å². The van der Waals surface area contributed by atoms with E-state index in [1.54, 1.807) is 0 Å². The number of ether oxygens (including phenoxy) is 2. The monoisotopic (exact) mass is 191 g/mol. The van der Waals surface area contributed by atoms with Crippen LogP contribution in [0.5, 0.6) is 0 Å². The molecule has 0 saturated carbocycles. The lowest BCUT2D eigenvalue weighted by molar-refractivity contribution is -0.175. The van der Waals surface area contributed by atoms with Crippen LogP contribution in [0, 0.1) is 0 Å². The van der Waals surface area contributed by atoms with Gasteiger partial charge in [-0.15, -0.1) is 0 Å². The predicted octanol–water partition coefficient (Wildman–Crippen LogP) is -0.312. The van der Waals surface area contributed by atoms with Gasteiger partial charge in [-0.3, -0.25) is 0 Å². The Kier molecular flexibility index (Phi) is 6.65. The van der Waals surface area contributed by atoms with Crippen molar-refractivity contribution in [1.29, 1.82) is 0 Å². The number of hydrogen-bond donors (Lipinski definition) is 1. The fraction of sp³-hybridized carbons (Fsp3) is 1.00. The van der Waals surface area contributed by atoms with Crippen molar-refractivity contribution in [2.24, 2.45) is 0 Å². The normalized spacial score (nSPS) is 12.2. The molecular formula is C8H21NO2Si. The third-order valence-electron chi connectivity index (χ3n) is 1.73. The Morgan fingerprint density at radius 2 is 1.75 bits per heavy atom. The Morgan fingerprint density at radius 3 is 2.08 bits per heavy atom. The summed E-state index contributed by atoms with van der Waals surface area (Å²) in [4.78, 5) is 0. The Morgan fingerprint density at radius 1 is 1.25 bits per heavy atom. The van der Waals surface area contributed by atoms with Crippen molar-refractivity contribution in [1.82, 2.24) is 5.32 Å². The second-order valence-electron chi connectivity index (χ2n) is 2.85. The summed E-state index contributed by atoms with van der Waals surface area (Å²) in [6.07, 6.45) is 0.942. The molecule has 0 aliphatic carbocycles. The molecule has 0 saturated heterocycles. The molecule has 0 rings (SSSR count). The predicted molar refractivity (Wildman–Crippen MR) is 54.5 cm³/mol. The van der Waals surface area contributed by atoms with Crippen LogP contribution >= 0.6 is 0 Å². The van der Waals surface area contributed by atoms with Gasteiger partial charge in [-0.05, 0) is 27.4 Å². The van der Waals surface area contributed by atoms with Gasteiger partial charge in [0.25, 0.3) is 0 Å². The molecule has 0 aliphatic rings. The minimum Gasteiger partial charge on any atom is -0.355 e. The van der Waals surface area contributed by atoms with Crippen LogP contribution in [-0.4, -0.2) is 42.5 Å². The van der Waals surface area contributed by atoms with Gasteiger partial charge < -0.3 is 14.8 Å². The van der Waals surface area contributed by atoms with Crippen molar-refractivity contribution in [2.45, 2.75) is 25.7 Å². The van der Waals surface area contributed by atoms with Crippen molar-refractivity contribution >= 4 is 10.2 Å². The zero-order valence-corrected chi connectivity index (χ0v) is 10.6. The third kappa shape index (κ3) is 4.87. The molecule has 0 aliphatic heterocycles. The van der Waals surface area contributed by atoms with Crippen LogP contribution in [0.2, 0.25) is 0 Å². The minimum atomic E-state index is -0.271. The maximum absolute atomic E-state index is 5.57. The van der Waals surface area contributed by atoms with Crippen molar-refractivity contribution in [3.05, 3.63) is 0 Å². The lowest BCUT2D eigenvalue weighted by Gasteiger charge is -2.29. The summed E-state index contributed by atoms with van der Waals surface area (Å²) in [7, 11) is 2.86. The summed E-state index contributed by atoms with van der Waals surface area (Å²) < 4.78 is 11.1. The van der Waals surface area contributed by atoms with E-state index in [4.69, 9.17) is 9.47 Å². The van der Waals surface area contributed by atoms with E-state index >= 15 is 0 Å². The summed E-state index contributed by atoms with van der Waals surface area (Å²) in [6, 6.07) is 0. The van der Waals surface area contributed by atoms with E-state index in [1.165, 1.54) is 0 Å².